The van der Waals surface area contributed by atoms with Gasteiger partial charge in [0.25, 0.3) is 0 Å². The van der Waals surface area contributed by atoms with Crippen LogP contribution in [0.4, 0.5) is 0 Å². The molecule has 0 amide bonds. The van der Waals surface area contributed by atoms with Gasteiger partial charge >= 0.3 is 0 Å². The summed E-state index contributed by atoms with van der Waals surface area (Å²) >= 11 is 0. The van der Waals surface area contributed by atoms with E-state index in [9.17, 15) is 0 Å². The molecule has 2 rings (SSSR count). The Labute approximate surface area is 74.9 Å². The van der Waals surface area contributed by atoms with Gasteiger partial charge in [-0.3, -0.25) is 0 Å². The Morgan fingerprint density at radius 1 is 1.33 bits per heavy atom. The van der Waals surface area contributed by atoms with Crippen LogP contribution in [0, 0.1) is 5.92 Å². The number of hydrogen-bond donors (Lipinski definition) is 0. The minimum absolute atomic E-state index is 0.763. The zero-order chi connectivity index (χ0) is 8.39. The first-order chi connectivity index (χ1) is 5.88. The lowest BCUT2D eigenvalue weighted by atomic mass is 9.92. The lowest BCUT2D eigenvalue weighted by Crippen LogP contribution is -2.48. The third-order valence-corrected chi connectivity index (χ3v) is 3.34. The van der Waals surface area contributed by atoms with E-state index in [0.29, 0.717) is 0 Å². The molecule has 0 spiro atoms. The predicted molar refractivity (Wildman–Crippen MR) is 49.2 cm³/mol. The standard InChI is InChI=1S/C10H19NO/c1-9(11-5-3-6-11)10-4-2-7-12-8-10/h9-10H,2-8H2,1H3. The highest BCUT2D eigenvalue weighted by Gasteiger charge is 2.28. The minimum Gasteiger partial charge on any atom is -0.381 e. The molecule has 70 valence electrons. The van der Waals surface area contributed by atoms with Crippen LogP contribution in [0.2, 0.25) is 0 Å². The first-order valence-corrected chi connectivity index (χ1v) is 5.20. The highest BCUT2D eigenvalue weighted by Crippen LogP contribution is 2.24. The van der Waals surface area contributed by atoms with Gasteiger partial charge in [-0.2, -0.15) is 0 Å². The van der Waals surface area contributed by atoms with Crippen LogP contribution < -0.4 is 0 Å². The molecule has 2 atom stereocenters. The second-order valence-electron chi connectivity index (χ2n) is 4.11. The maximum atomic E-state index is 5.50. The van der Waals surface area contributed by atoms with Crippen molar-refractivity contribution in [2.24, 2.45) is 5.92 Å². The highest BCUT2D eigenvalue weighted by atomic mass is 16.5. The molecule has 0 aliphatic carbocycles. The minimum atomic E-state index is 0.763. The van der Waals surface area contributed by atoms with Gasteiger partial charge in [0.15, 0.2) is 0 Å². The van der Waals surface area contributed by atoms with Gasteiger partial charge < -0.3 is 9.64 Å². The fraction of sp³-hybridized carbons (Fsp3) is 1.00. The van der Waals surface area contributed by atoms with Crippen molar-refractivity contribution in [1.29, 1.82) is 0 Å². The molecule has 0 aromatic heterocycles. The highest BCUT2D eigenvalue weighted by molar-refractivity contribution is 4.81. The van der Waals surface area contributed by atoms with Crippen LogP contribution in [0.1, 0.15) is 26.2 Å². The van der Waals surface area contributed by atoms with E-state index in [0.717, 1.165) is 25.2 Å². The molecule has 0 bridgehead atoms. The Bertz CT molecular complexity index is 139. The lowest BCUT2D eigenvalue weighted by molar-refractivity contribution is -0.00259. The Kier molecular flexibility index (Phi) is 2.66. The average molecular weight is 169 g/mol. The summed E-state index contributed by atoms with van der Waals surface area (Å²) in [5, 5.41) is 0. The first-order valence-electron chi connectivity index (χ1n) is 5.20. The van der Waals surface area contributed by atoms with Gasteiger partial charge in [-0.1, -0.05) is 0 Å². The summed E-state index contributed by atoms with van der Waals surface area (Å²) < 4.78 is 5.50. The average Bonchev–Trinajstić information content (AvgIpc) is 2.03. The van der Waals surface area contributed by atoms with Gasteiger partial charge in [0.05, 0.1) is 6.61 Å². The molecule has 2 unspecified atom stereocenters. The second kappa shape index (κ2) is 3.75. The van der Waals surface area contributed by atoms with E-state index in [4.69, 9.17) is 4.74 Å². The van der Waals surface area contributed by atoms with E-state index in [1.54, 1.807) is 0 Å². The summed E-state index contributed by atoms with van der Waals surface area (Å²) in [5.74, 6) is 0.805. The summed E-state index contributed by atoms with van der Waals surface area (Å²) in [6.45, 7) is 6.98. The topological polar surface area (TPSA) is 12.5 Å². The normalized spacial score (nSPS) is 34.2. The van der Waals surface area contributed by atoms with Crippen molar-refractivity contribution in [3.8, 4) is 0 Å². The molecule has 2 saturated heterocycles. The Hall–Kier alpha value is -0.0800. The fourth-order valence-corrected chi connectivity index (χ4v) is 2.19. The Balaban J connectivity index is 1.80. The van der Waals surface area contributed by atoms with Gasteiger partial charge in [-0.15, -0.1) is 0 Å². The first kappa shape index (κ1) is 8.52. The van der Waals surface area contributed by atoms with Gasteiger partial charge in [0, 0.05) is 12.6 Å². The van der Waals surface area contributed by atoms with Gasteiger partial charge in [0.2, 0.25) is 0 Å². The zero-order valence-corrected chi connectivity index (χ0v) is 7.96. The van der Waals surface area contributed by atoms with Crippen molar-refractivity contribution in [2.45, 2.75) is 32.2 Å². The van der Waals surface area contributed by atoms with E-state index in [1.165, 1.54) is 32.4 Å². The van der Waals surface area contributed by atoms with Crippen molar-refractivity contribution < 1.29 is 4.74 Å². The van der Waals surface area contributed by atoms with Gasteiger partial charge in [-0.05, 0) is 45.2 Å². The molecule has 2 aliphatic rings. The molecule has 0 aromatic rings. The van der Waals surface area contributed by atoms with Crippen molar-refractivity contribution >= 4 is 0 Å². The number of hydrogen-bond acceptors (Lipinski definition) is 2. The molecule has 2 heteroatoms. The monoisotopic (exact) mass is 169 g/mol. The molecule has 0 radical (unpaired) electrons. The summed E-state index contributed by atoms with van der Waals surface area (Å²) in [7, 11) is 0. The second-order valence-corrected chi connectivity index (χ2v) is 4.11. The largest absolute Gasteiger partial charge is 0.381 e. The van der Waals surface area contributed by atoms with Crippen molar-refractivity contribution in [2.75, 3.05) is 26.3 Å². The number of rotatable bonds is 2. The van der Waals surface area contributed by atoms with E-state index >= 15 is 0 Å². The number of nitrogens with zero attached hydrogens (tertiary/aromatic N) is 1. The van der Waals surface area contributed by atoms with E-state index < -0.39 is 0 Å². The molecular formula is C10H19NO. The molecule has 2 fully saturated rings. The fourth-order valence-electron chi connectivity index (χ4n) is 2.19. The van der Waals surface area contributed by atoms with Crippen LogP contribution in [0.3, 0.4) is 0 Å². The number of likely N-dealkylation sites (tertiary alicyclic amines) is 1. The van der Waals surface area contributed by atoms with Crippen molar-refractivity contribution in [3.05, 3.63) is 0 Å². The zero-order valence-electron chi connectivity index (χ0n) is 7.96. The summed E-state index contributed by atoms with van der Waals surface area (Å²) in [6.07, 6.45) is 4.04. The van der Waals surface area contributed by atoms with Crippen LogP contribution in [-0.4, -0.2) is 37.2 Å². The van der Waals surface area contributed by atoms with Crippen molar-refractivity contribution in [1.82, 2.24) is 4.90 Å². The summed E-state index contributed by atoms with van der Waals surface area (Å²) in [5.41, 5.74) is 0. The van der Waals surface area contributed by atoms with Crippen LogP contribution >= 0.6 is 0 Å². The van der Waals surface area contributed by atoms with Crippen LogP contribution in [0.25, 0.3) is 0 Å². The van der Waals surface area contributed by atoms with Crippen LogP contribution in [0.15, 0.2) is 0 Å². The van der Waals surface area contributed by atoms with E-state index in [-0.39, 0.29) is 0 Å². The maximum Gasteiger partial charge on any atom is 0.0509 e. The molecular weight excluding hydrogens is 150 g/mol. The van der Waals surface area contributed by atoms with Crippen LogP contribution in [0.5, 0.6) is 0 Å². The van der Waals surface area contributed by atoms with Crippen LogP contribution in [-0.2, 0) is 4.74 Å². The van der Waals surface area contributed by atoms with Crippen molar-refractivity contribution in [3.63, 3.8) is 0 Å². The maximum absolute atomic E-state index is 5.50. The third kappa shape index (κ3) is 1.64. The molecule has 12 heavy (non-hydrogen) atoms. The molecule has 2 aliphatic heterocycles. The lowest BCUT2D eigenvalue weighted by Gasteiger charge is -2.41. The summed E-state index contributed by atoms with van der Waals surface area (Å²) in [6, 6.07) is 0.763. The smallest absolute Gasteiger partial charge is 0.0509 e. The third-order valence-electron chi connectivity index (χ3n) is 3.34. The Morgan fingerprint density at radius 3 is 2.67 bits per heavy atom. The molecule has 2 nitrogen and oxygen atoms in total. The Morgan fingerprint density at radius 2 is 2.17 bits per heavy atom. The summed E-state index contributed by atoms with van der Waals surface area (Å²) in [4.78, 5) is 2.58. The predicted octanol–water partition coefficient (Wildman–Crippen LogP) is 1.51. The molecule has 2 heterocycles. The molecule has 0 N–H and O–H groups in total. The van der Waals surface area contributed by atoms with E-state index in [2.05, 4.69) is 11.8 Å². The molecule has 0 saturated carbocycles. The number of ether oxygens (including phenoxy) is 1. The quantitative estimate of drug-likeness (QED) is 0.621. The van der Waals surface area contributed by atoms with Gasteiger partial charge in [0.1, 0.15) is 0 Å². The SMILES string of the molecule is CC(C1CCCOC1)N1CCC1. The molecule has 0 aromatic carbocycles. The van der Waals surface area contributed by atoms with E-state index in [1.807, 2.05) is 0 Å². The van der Waals surface area contributed by atoms with Gasteiger partial charge in [-0.25, -0.2) is 0 Å².